The largest absolute Gasteiger partial charge is 0.336 e. The van der Waals surface area contributed by atoms with Gasteiger partial charge in [-0.1, -0.05) is 6.42 Å². The van der Waals surface area contributed by atoms with Crippen LogP contribution in [0.1, 0.15) is 51.0 Å². The number of carbonyl (C=O) groups excluding carboxylic acids is 1. The van der Waals surface area contributed by atoms with Gasteiger partial charge in [0.1, 0.15) is 0 Å². The Bertz CT molecular complexity index is 511. The third-order valence-corrected chi connectivity index (χ3v) is 5.77. The number of piperidine rings is 1. The molecule has 1 aliphatic carbocycles. The van der Waals surface area contributed by atoms with Crippen molar-refractivity contribution in [2.24, 2.45) is 5.92 Å². The molecule has 1 aromatic heterocycles. The van der Waals surface area contributed by atoms with Crippen LogP contribution in [-0.4, -0.2) is 32.7 Å². The molecule has 0 radical (unpaired) electrons. The number of hydrogen-bond donors (Lipinski definition) is 0. The Morgan fingerprint density at radius 2 is 1.85 bits per heavy atom. The van der Waals surface area contributed by atoms with Gasteiger partial charge in [-0.3, -0.25) is 9.48 Å². The zero-order valence-corrected chi connectivity index (χ0v) is 13.1. The molecule has 3 heterocycles. The van der Waals surface area contributed by atoms with Gasteiger partial charge in [0.05, 0.1) is 16.7 Å². The standard InChI is InChI=1S/C15H20BrN3O/c16-11-8-17-18(9-11)14-6-12-4-5-13(7-14)19(12)15(20)10-2-1-3-10/h8-10,12-14H,1-7H2. The minimum absolute atomic E-state index is 0.341. The average molecular weight is 338 g/mol. The van der Waals surface area contributed by atoms with E-state index >= 15 is 0 Å². The highest BCUT2D eigenvalue weighted by Crippen LogP contribution is 2.43. The van der Waals surface area contributed by atoms with E-state index in [9.17, 15) is 4.79 Å². The van der Waals surface area contributed by atoms with Crippen LogP contribution in [0.3, 0.4) is 0 Å². The van der Waals surface area contributed by atoms with Crippen LogP contribution in [0.4, 0.5) is 0 Å². The molecule has 0 spiro atoms. The smallest absolute Gasteiger partial charge is 0.226 e. The molecule has 3 fully saturated rings. The van der Waals surface area contributed by atoms with Gasteiger partial charge in [0.15, 0.2) is 0 Å². The highest BCUT2D eigenvalue weighted by Gasteiger charge is 2.46. The maximum absolute atomic E-state index is 12.6. The number of nitrogens with zero attached hydrogens (tertiary/aromatic N) is 3. The van der Waals surface area contributed by atoms with Crippen LogP contribution in [0.2, 0.25) is 0 Å². The summed E-state index contributed by atoms with van der Waals surface area (Å²) in [5.74, 6) is 0.789. The Hall–Kier alpha value is -0.840. The molecule has 1 amide bonds. The SMILES string of the molecule is O=C(C1CCC1)N1C2CCC1CC(n1cc(Br)cn1)C2. The number of aromatic nitrogens is 2. The number of carbonyl (C=O) groups is 1. The summed E-state index contributed by atoms with van der Waals surface area (Å²) in [6, 6.07) is 1.37. The van der Waals surface area contributed by atoms with Gasteiger partial charge in [-0.15, -0.1) is 0 Å². The van der Waals surface area contributed by atoms with E-state index in [1.807, 2.05) is 6.20 Å². The fraction of sp³-hybridized carbons (Fsp3) is 0.733. The van der Waals surface area contributed by atoms with E-state index in [1.165, 1.54) is 19.3 Å². The normalized spacial score (nSPS) is 33.2. The molecule has 0 N–H and O–H groups in total. The summed E-state index contributed by atoms with van der Waals surface area (Å²) < 4.78 is 3.12. The Labute approximate surface area is 127 Å². The average Bonchev–Trinajstić information content (AvgIpc) is 2.89. The molecule has 2 unspecified atom stereocenters. The van der Waals surface area contributed by atoms with Gasteiger partial charge in [-0.25, -0.2) is 0 Å². The predicted octanol–water partition coefficient (Wildman–Crippen LogP) is 3.14. The van der Waals surface area contributed by atoms with Gasteiger partial charge in [0.25, 0.3) is 0 Å². The molecule has 5 heteroatoms. The van der Waals surface area contributed by atoms with Gasteiger partial charge in [0, 0.05) is 24.2 Å². The summed E-state index contributed by atoms with van der Waals surface area (Å²) in [7, 11) is 0. The number of hydrogen-bond acceptors (Lipinski definition) is 2. The van der Waals surface area contributed by atoms with Crippen molar-refractivity contribution < 1.29 is 4.79 Å². The minimum Gasteiger partial charge on any atom is -0.336 e. The first-order valence-electron chi connectivity index (χ1n) is 7.74. The molecule has 3 aliphatic rings. The van der Waals surface area contributed by atoms with Crippen LogP contribution in [0.15, 0.2) is 16.9 Å². The van der Waals surface area contributed by atoms with E-state index < -0.39 is 0 Å². The second-order valence-corrected chi connectivity index (χ2v) is 7.44. The summed E-state index contributed by atoms with van der Waals surface area (Å²) >= 11 is 3.47. The molecule has 2 saturated heterocycles. The van der Waals surface area contributed by atoms with Gasteiger partial charge in [-0.05, 0) is 54.5 Å². The molecule has 2 atom stereocenters. The topological polar surface area (TPSA) is 38.1 Å². The lowest BCUT2D eigenvalue weighted by atomic mass is 9.83. The quantitative estimate of drug-likeness (QED) is 0.831. The molecule has 1 saturated carbocycles. The fourth-order valence-electron chi connectivity index (χ4n) is 4.10. The number of fused-ring (bicyclic) bond motifs is 2. The first-order chi connectivity index (χ1) is 9.72. The third-order valence-electron chi connectivity index (χ3n) is 5.36. The van der Waals surface area contributed by atoms with E-state index in [0.29, 0.717) is 30.0 Å². The monoisotopic (exact) mass is 337 g/mol. The van der Waals surface area contributed by atoms with Crippen molar-refractivity contribution in [2.75, 3.05) is 0 Å². The van der Waals surface area contributed by atoms with Crippen molar-refractivity contribution in [1.82, 2.24) is 14.7 Å². The Balaban J connectivity index is 1.50. The first kappa shape index (κ1) is 12.9. The van der Waals surface area contributed by atoms with Crippen LogP contribution < -0.4 is 0 Å². The summed E-state index contributed by atoms with van der Waals surface area (Å²) in [6.07, 6.45) is 11.9. The molecule has 2 bridgehead atoms. The summed E-state index contributed by atoms with van der Waals surface area (Å²) in [6.45, 7) is 0. The Morgan fingerprint density at radius 1 is 1.15 bits per heavy atom. The van der Waals surface area contributed by atoms with Gasteiger partial charge in [0.2, 0.25) is 5.91 Å². The summed E-state index contributed by atoms with van der Waals surface area (Å²) in [4.78, 5) is 14.8. The molecular formula is C15H20BrN3O. The lowest BCUT2D eigenvalue weighted by Gasteiger charge is -2.42. The Kier molecular flexibility index (Phi) is 3.13. The molecule has 20 heavy (non-hydrogen) atoms. The van der Waals surface area contributed by atoms with E-state index in [4.69, 9.17) is 0 Å². The highest BCUT2D eigenvalue weighted by atomic mass is 79.9. The van der Waals surface area contributed by atoms with E-state index in [2.05, 4.69) is 36.8 Å². The fourth-order valence-corrected chi connectivity index (χ4v) is 4.41. The van der Waals surface area contributed by atoms with Crippen LogP contribution in [0.5, 0.6) is 0 Å². The maximum atomic E-state index is 12.6. The van der Waals surface area contributed by atoms with Crippen molar-refractivity contribution in [1.29, 1.82) is 0 Å². The molecule has 0 aromatic carbocycles. The van der Waals surface area contributed by atoms with Crippen LogP contribution in [0.25, 0.3) is 0 Å². The van der Waals surface area contributed by atoms with E-state index in [1.54, 1.807) is 0 Å². The minimum atomic E-state index is 0.341. The molecule has 4 nitrogen and oxygen atoms in total. The van der Waals surface area contributed by atoms with Gasteiger partial charge >= 0.3 is 0 Å². The second-order valence-electron chi connectivity index (χ2n) is 6.52. The highest BCUT2D eigenvalue weighted by molar-refractivity contribution is 9.10. The van der Waals surface area contributed by atoms with Gasteiger partial charge in [-0.2, -0.15) is 5.10 Å². The van der Waals surface area contributed by atoms with Crippen LogP contribution in [-0.2, 0) is 4.79 Å². The van der Waals surface area contributed by atoms with Crippen molar-refractivity contribution in [3.05, 3.63) is 16.9 Å². The molecule has 4 rings (SSSR count). The molecular weight excluding hydrogens is 318 g/mol. The zero-order valence-electron chi connectivity index (χ0n) is 11.5. The lowest BCUT2D eigenvalue weighted by Crippen LogP contribution is -2.50. The third kappa shape index (κ3) is 2.01. The van der Waals surface area contributed by atoms with Crippen molar-refractivity contribution >= 4 is 21.8 Å². The molecule has 1 aromatic rings. The van der Waals surface area contributed by atoms with Crippen molar-refractivity contribution in [3.63, 3.8) is 0 Å². The zero-order chi connectivity index (χ0) is 13.7. The second kappa shape index (κ2) is 4.86. The van der Waals surface area contributed by atoms with Crippen molar-refractivity contribution in [3.8, 4) is 0 Å². The number of amides is 1. The van der Waals surface area contributed by atoms with Gasteiger partial charge < -0.3 is 4.90 Å². The van der Waals surface area contributed by atoms with Crippen molar-refractivity contribution in [2.45, 2.75) is 63.1 Å². The summed E-state index contributed by atoms with van der Waals surface area (Å²) in [5, 5.41) is 4.43. The van der Waals surface area contributed by atoms with E-state index in [0.717, 1.165) is 30.2 Å². The maximum Gasteiger partial charge on any atom is 0.226 e. The predicted molar refractivity (Wildman–Crippen MR) is 79.2 cm³/mol. The molecule has 2 aliphatic heterocycles. The summed E-state index contributed by atoms with van der Waals surface area (Å²) in [5.41, 5.74) is 0. The van der Waals surface area contributed by atoms with Crippen LogP contribution >= 0.6 is 15.9 Å². The van der Waals surface area contributed by atoms with E-state index in [-0.39, 0.29) is 0 Å². The molecule has 108 valence electrons. The number of rotatable bonds is 2. The first-order valence-corrected chi connectivity index (χ1v) is 8.53. The Morgan fingerprint density at radius 3 is 2.35 bits per heavy atom. The lowest BCUT2D eigenvalue weighted by molar-refractivity contribution is -0.143. The number of halogens is 1. The van der Waals surface area contributed by atoms with Crippen LogP contribution in [0, 0.1) is 5.92 Å².